The number of aromatic nitrogens is 1. The van der Waals surface area contributed by atoms with Crippen LogP contribution >= 0.6 is 0 Å². The lowest BCUT2D eigenvalue weighted by Gasteiger charge is -2.35. The number of hydrogen-bond acceptors (Lipinski definition) is 2. The van der Waals surface area contributed by atoms with Crippen molar-refractivity contribution in [2.24, 2.45) is 0 Å². The summed E-state index contributed by atoms with van der Waals surface area (Å²) in [5.41, 5.74) is 2.90. The Morgan fingerprint density at radius 1 is 1.17 bits per heavy atom. The van der Waals surface area contributed by atoms with Crippen molar-refractivity contribution in [2.75, 3.05) is 20.2 Å². The first-order chi connectivity index (χ1) is 11.3. The molecule has 1 unspecified atom stereocenters. The summed E-state index contributed by atoms with van der Waals surface area (Å²) in [7, 11) is 1.78. The highest BCUT2D eigenvalue weighted by Gasteiger charge is 2.25. The van der Waals surface area contributed by atoms with E-state index in [4.69, 9.17) is 4.74 Å². The highest BCUT2D eigenvalue weighted by Crippen LogP contribution is 2.31. The third-order valence-corrected chi connectivity index (χ3v) is 4.97. The Balaban J connectivity index is 1.68. The largest absolute Gasteiger partial charge is 0.496 e. The number of methoxy groups -OCH3 is 1. The van der Waals surface area contributed by atoms with E-state index in [1.54, 1.807) is 7.11 Å². The van der Waals surface area contributed by atoms with Crippen LogP contribution in [0.1, 0.15) is 30.9 Å². The van der Waals surface area contributed by atoms with Gasteiger partial charge < -0.3 is 9.30 Å². The van der Waals surface area contributed by atoms with Crippen molar-refractivity contribution < 1.29 is 4.74 Å². The van der Waals surface area contributed by atoms with Gasteiger partial charge in [0.05, 0.1) is 7.11 Å². The van der Waals surface area contributed by atoms with E-state index >= 15 is 0 Å². The van der Waals surface area contributed by atoms with Crippen LogP contribution < -0.4 is 4.74 Å². The van der Waals surface area contributed by atoms with Crippen molar-refractivity contribution in [1.82, 2.24) is 9.47 Å². The Hall–Kier alpha value is -1.74. The zero-order valence-electron chi connectivity index (χ0n) is 14.4. The lowest BCUT2D eigenvalue weighted by atomic mass is 9.86. The number of nitrogens with zero attached hydrogens (tertiary/aromatic N) is 2. The smallest absolute Gasteiger partial charge is 0.122 e. The van der Waals surface area contributed by atoms with E-state index in [2.05, 4.69) is 59.1 Å². The third-order valence-electron chi connectivity index (χ3n) is 4.97. The van der Waals surface area contributed by atoms with Gasteiger partial charge in [-0.15, -0.1) is 0 Å². The second kappa shape index (κ2) is 7.69. The Morgan fingerprint density at radius 3 is 2.74 bits per heavy atom. The van der Waals surface area contributed by atoms with Crippen molar-refractivity contribution in [3.05, 3.63) is 53.9 Å². The van der Waals surface area contributed by atoms with E-state index < -0.39 is 0 Å². The predicted molar refractivity (Wildman–Crippen MR) is 95.1 cm³/mol. The molecule has 0 amide bonds. The molecule has 1 atom stereocenters. The van der Waals surface area contributed by atoms with Crippen LogP contribution in [-0.4, -0.2) is 35.7 Å². The maximum Gasteiger partial charge on any atom is 0.122 e. The predicted octanol–water partition coefficient (Wildman–Crippen LogP) is 3.77. The Morgan fingerprint density at radius 2 is 2.00 bits per heavy atom. The van der Waals surface area contributed by atoms with E-state index in [0.717, 1.165) is 31.7 Å². The van der Waals surface area contributed by atoms with E-state index in [9.17, 15) is 0 Å². The highest BCUT2D eigenvalue weighted by molar-refractivity contribution is 5.42. The molecule has 3 nitrogen and oxygen atoms in total. The van der Waals surface area contributed by atoms with Gasteiger partial charge in [0.2, 0.25) is 0 Å². The molecule has 1 aromatic heterocycles. The molecule has 23 heavy (non-hydrogen) atoms. The molecule has 0 aliphatic heterocycles. The minimum absolute atomic E-state index is 0.658. The molecule has 0 N–H and O–H groups in total. The van der Waals surface area contributed by atoms with Gasteiger partial charge in [-0.1, -0.05) is 19.1 Å². The fourth-order valence-electron chi connectivity index (χ4n) is 3.78. The van der Waals surface area contributed by atoms with Crippen molar-refractivity contribution in [3.8, 4) is 5.75 Å². The van der Waals surface area contributed by atoms with Gasteiger partial charge in [-0.25, -0.2) is 0 Å². The molecule has 1 heterocycles. The van der Waals surface area contributed by atoms with Gasteiger partial charge in [-0.2, -0.15) is 0 Å². The van der Waals surface area contributed by atoms with E-state index in [1.165, 1.54) is 30.5 Å². The van der Waals surface area contributed by atoms with Crippen LogP contribution in [0.25, 0.3) is 0 Å². The molecular formula is C20H28N2O. The first-order valence-electron chi connectivity index (χ1n) is 8.81. The second-order valence-electron chi connectivity index (χ2n) is 6.45. The van der Waals surface area contributed by atoms with Crippen LogP contribution in [-0.2, 0) is 19.4 Å². The summed E-state index contributed by atoms with van der Waals surface area (Å²) in [6.45, 7) is 5.68. The average molecular weight is 312 g/mol. The normalized spacial score (nSPS) is 17.3. The van der Waals surface area contributed by atoms with Crippen LogP contribution in [0.2, 0.25) is 0 Å². The molecular weight excluding hydrogens is 284 g/mol. The van der Waals surface area contributed by atoms with Crippen LogP contribution in [0, 0.1) is 0 Å². The third kappa shape index (κ3) is 3.78. The van der Waals surface area contributed by atoms with E-state index in [1.807, 2.05) is 0 Å². The van der Waals surface area contributed by atoms with Crippen LogP contribution in [0.4, 0.5) is 0 Å². The van der Waals surface area contributed by atoms with Gasteiger partial charge in [0.15, 0.2) is 0 Å². The van der Waals surface area contributed by atoms with Crippen molar-refractivity contribution >= 4 is 0 Å². The molecule has 1 aliphatic rings. The highest BCUT2D eigenvalue weighted by atomic mass is 16.5. The second-order valence-corrected chi connectivity index (χ2v) is 6.45. The summed E-state index contributed by atoms with van der Waals surface area (Å²) < 4.78 is 7.82. The van der Waals surface area contributed by atoms with Gasteiger partial charge in [0.1, 0.15) is 5.75 Å². The van der Waals surface area contributed by atoms with E-state index in [0.29, 0.717) is 6.04 Å². The van der Waals surface area contributed by atoms with Crippen molar-refractivity contribution in [2.45, 2.75) is 45.2 Å². The number of hydrogen-bond donors (Lipinski definition) is 0. The summed E-state index contributed by atoms with van der Waals surface area (Å²) in [4.78, 5) is 2.68. The molecule has 1 aliphatic carbocycles. The maximum absolute atomic E-state index is 5.54. The molecule has 0 saturated heterocycles. The molecule has 2 aromatic rings. The minimum Gasteiger partial charge on any atom is -0.496 e. The lowest BCUT2D eigenvalue weighted by Crippen LogP contribution is -2.41. The zero-order valence-corrected chi connectivity index (χ0v) is 14.4. The average Bonchev–Trinajstić information content (AvgIpc) is 3.11. The number of benzene rings is 1. The van der Waals surface area contributed by atoms with Crippen molar-refractivity contribution in [3.63, 3.8) is 0 Å². The zero-order chi connectivity index (χ0) is 16.1. The quantitative estimate of drug-likeness (QED) is 0.774. The summed E-state index contributed by atoms with van der Waals surface area (Å²) in [5.74, 6) is 1.07. The number of ether oxygens (including phenoxy) is 1. The number of rotatable bonds is 7. The molecule has 0 spiro atoms. The van der Waals surface area contributed by atoms with Gasteiger partial charge in [-0.3, -0.25) is 4.90 Å². The first-order valence-corrected chi connectivity index (χ1v) is 8.81. The monoisotopic (exact) mass is 312 g/mol. The minimum atomic E-state index is 0.658. The molecule has 0 radical (unpaired) electrons. The van der Waals surface area contributed by atoms with Gasteiger partial charge in [-0.05, 0) is 61.6 Å². The van der Waals surface area contributed by atoms with Crippen LogP contribution in [0.3, 0.4) is 0 Å². The summed E-state index contributed by atoms with van der Waals surface area (Å²) in [6.07, 6.45) is 9.05. The fourth-order valence-corrected chi connectivity index (χ4v) is 3.78. The standard InChI is InChI=1S/C20H28N2O/c1-3-11-22(15-14-21-12-4-5-13-21)18-9-10-19-17(16-18)7-6-8-20(19)23-2/h4-8,12-13,18H,3,9-11,14-16H2,1-2H3. The van der Waals surface area contributed by atoms with Crippen LogP contribution in [0.15, 0.2) is 42.7 Å². The summed E-state index contributed by atoms with van der Waals surface area (Å²) in [6, 6.07) is 11.4. The topological polar surface area (TPSA) is 17.4 Å². The molecule has 0 fully saturated rings. The molecule has 3 heteroatoms. The SMILES string of the molecule is CCCN(CCn1cccc1)C1CCc2c(cccc2OC)C1. The molecule has 1 aromatic carbocycles. The molecule has 0 saturated carbocycles. The Labute approximate surface area is 139 Å². The van der Waals surface area contributed by atoms with Gasteiger partial charge in [0.25, 0.3) is 0 Å². The number of fused-ring (bicyclic) bond motifs is 1. The first kappa shape index (κ1) is 16.1. The maximum atomic E-state index is 5.54. The summed E-state index contributed by atoms with van der Waals surface area (Å²) >= 11 is 0. The molecule has 3 rings (SSSR count). The van der Waals surface area contributed by atoms with Gasteiger partial charge >= 0.3 is 0 Å². The Bertz CT molecular complexity index is 606. The Kier molecular flexibility index (Phi) is 5.39. The van der Waals surface area contributed by atoms with Gasteiger partial charge in [0, 0.05) is 31.5 Å². The fraction of sp³-hybridized carbons (Fsp3) is 0.500. The molecule has 124 valence electrons. The molecule has 0 bridgehead atoms. The van der Waals surface area contributed by atoms with Crippen molar-refractivity contribution in [1.29, 1.82) is 0 Å². The van der Waals surface area contributed by atoms with Crippen LogP contribution in [0.5, 0.6) is 5.75 Å². The lowest BCUT2D eigenvalue weighted by molar-refractivity contribution is 0.172. The van der Waals surface area contributed by atoms with E-state index in [-0.39, 0.29) is 0 Å². The summed E-state index contributed by atoms with van der Waals surface area (Å²) in [5, 5.41) is 0.